The number of H-pyrrole nitrogens is 1. The molecule has 1 aromatic heterocycles. The molecule has 0 spiro atoms. The largest absolute Gasteiger partial charge is 0.550 e. The molecule has 1 saturated carbocycles. The summed E-state index contributed by atoms with van der Waals surface area (Å²) in [6.07, 6.45) is 7.16. The summed E-state index contributed by atoms with van der Waals surface area (Å²) < 4.78 is 0. The third-order valence-electron chi connectivity index (χ3n) is 4.91. The van der Waals surface area contributed by atoms with Crippen molar-refractivity contribution in [3.05, 3.63) is 40.1 Å². The fourth-order valence-electron chi connectivity index (χ4n) is 3.80. The highest BCUT2D eigenvalue weighted by atomic mass is 16.6. The number of carbonyl (C=O) groups is 1. The number of aromatic amines is 1. The predicted octanol–water partition coefficient (Wildman–Crippen LogP) is 2.88. The quantitative estimate of drug-likeness (QED) is 0.677. The van der Waals surface area contributed by atoms with Gasteiger partial charge in [-0.15, -0.1) is 0 Å². The van der Waals surface area contributed by atoms with Crippen molar-refractivity contribution in [1.82, 2.24) is 4.98 Å². The van der Waals surface area contributed by atoms with E-state index in [2.05, 4.69) is 4.98 Å². The Hall–Kier alpha value is -2.37. The van der Waals surface area contributed by atoms with Crippen molar-refractivity contribution in [2.24, 2.45) is 5.92 Å². The van der Waals surface area contributed by atoms with E-state index < -0.39 is 10.9 Å². The Labute approximate surface area is 133 Å². The van der Waals surface area contributed by atoms with Gasteiger partial charge >= 0.3 is 0 Å². The molecule has 1 N–H and O–H groups in total. The lowest BCUT2D eigenvalue weighted by Crippen LogP contribution is -2.28. The van der Waals surface area contributed by atoms with Gasteiger partial charge in [-0.25, -0.2) is 0 Å². The molecule has 0 aliphatic heterocycles. The summed E-state index contributed by atoms with van der Waals surface area (Å²) in [6.45, 7) is 0. The average molecular weight is 315 g/mol. The van der Waals surface area contributed by atoms with Gasteiger partial charge in [-0.05, 0) is 42.7 Å². The molecule has 0 unspecified atom stereocenters. The average Bonchev–Trinajstić information content (AvgIpc) is 2.96. The van der Waals surface area contributed by atoms with Crippen molar-refractivity contribution in [3.8, 4) is 0 Å². The molecular formula is C17H19N2O4-. The number of fused-ring (bicyclic) bond motifs is 1. The van der Waals surface area contributed by atoms with Gasteiger partial charge < -0.3 is 14.9 Å². The molecule has 0 saturated heterocycles. The number of rotatable bonds is 5. The summed E-state index contributed by atoms with van der Waals surface area (Å²) >= 11 is 0. The van der Waals surface area contributed by atoms with Gasteiger partial charge in [0.25, 0.3) is 5.69 Å². The lowest BCUT2D eigenvalue weighted by Gasteiger charge is -2.30. The number of carbonyl (C=O) groups excluding carboxylic acids is 1. The smallest absolute Gasteiger partial charge is 0.270 e. The monoisotopic (exact) mass is 315 g/mol. The Bertz CT molecular complexity index is 731. The van der Waals surface area contributed by atoms with Crippen molar-refractivity contribution >= 4 is 22.6 Å². The summed E-state index contributed by atoms with van der Waals surface area (Å²) in [5.74, 6) is -0.934. The zero-order valence-corrected chi connectivity index (χ0v) is 12.8. The van der Waals surface area contributed by atoms with Crippen LogP contribution < -0.4 is 5.11 Å². The van der Waals surface area contributed by atoms with Crippen LogP contribution in [0.1, 0.15) is 50.0 Å². The summed E-state index contributed by atoms with van der Waals surface area (Å²) in [4.78, 5) is 24.9. The van der Waals surface area contributed by atoms with Crippen LogP contribution in [0.5, 0.6) is 0 Å². The molecule has 6 heteroatoms. The van der Waals surface area contributed by atoms with Crippen LogP contribution in [0.15, 0.2) is 24.4 Å². The lowest BCUT2D eigenvalue weighted by molar-refractivity contribution is -0.384. The van der Waals surface area contributed by atoms with Crippen molar-refractivity contribution < 1.29 is 14.8 Å². The Kier molecular flexibility index (Phi) is 4.32. The summed E-state index contributed by atoms with van der Waals surface area (Å²) in [5, 5.41) is 23.0. The van der Waals surface area contributed by atoms with Gasteiger partial charge in [0.15, 0.2) is 0 Å². The van der Waals surface area contributed by atoms with Gasteiger partial charge in [-0.2, -0.15) is 0 Å². The Morgan fingerprint density at radius 1 is 1.30 bits per heavy atom. The fourth-order valence-corrected chi connectivity index (χ4v) is 3.80. The molecule has 2 aromatic rings. The third kappa shape index (κ3) is 3.21. The number of hydrogen-bond donors (Lipinski definition) is 1. The Morgan fingerprint density at radius 2 is 2.04 bits per heavy atom. The van der Waals surface area contributed by atoms with Crippen molar-refractivity contribution in [2.75, 3.05) is 0 Å². The molecule has 122 valence electrons. The topological polar surface area (TPSA) is 99.1 Å². The highest BCUT2D eigenvalue weighted by Crippen LogP contribution is 2.41. The van der Waals surface area contributed by atoms with E-state index in [0.717, 1.165) is 42.1 Å². The lowest BCUT2D eigenvalue weighted by atomic mass is 9.75. The maximum absolute atomic E-state index is 11.2. The zero-order chi connectivity index (χ0) is 16.4. The van der Waals surface area contributed by atoms with E-state index in [-0.39, 0.29) is 18.0 Å². The maximum Gasteiger partial charge on any atom is 0.270 e. The maximum atomic E-state index is 11.2. The summed E-state index contributed by atoms with van der Waals surface area (Å²) in [7, 11) is 0. The summed E-state index contributed by atoms with van der Waals surface area (Å²) in [5.41, 5.74) is 1.68. The van der Waals surface area contributed by atoms with Crippen LogP contribution in [-0.2, 0) is 4.79 Å². The number of nitro groups is 1. The predicted molar refractivity (Wildman–Crippen MR) is 83.9 cm³/mol. The van der Waals surface area contributed by atoms with Crippen LogP contribution in [0, 0.1) is 16.0 Å². The number of aromatic nitrogens is 1. The van der Waals surface area contributed by atoms with Crippen LogP contribution in [0.25, 0.3) is 10.9 Å². The molecule has 23 heavy (non-hydrogen) atoms. The van der Waals surface area contributed by atoms with Crippen LogP contribution >= 0.6 is 0 Å². The van der Waals surface area contributed by atoms with Crippen molar-refractivity contribution in [3.63, 3.8) is 0 Å². The van der Waals surface area contributed by atoms with Crippen molar-refractivity contribution in [1.29, 1.82) is 0 Å². The molecule has 6 nitrogen and oxygen atoms in total. The second kappa shape index (κ2) is 6.40. The number of benzene rings is 1. The molecule has 0 amide bonds. The molecule has 3 rings (SSSR count). The van der Waals surface area contributed by atoms with Crippen molar-refractivity contribution in [2.45, 2.75) is 44.4 Å². The number of nitro benzene ring substituents is 1. The Balaban J connectivity index is 2.03. The van der Waals surface area contributed by atoms with Gasteiger partial charge in [-0.1, -0.05) is 19.3 Å². The zero-order valence-electron chi connectivity index (χ0n) is 12.8. The number of carboxylic acid groups (broad SMARTS) is 1. The number of nitrogens with one attached hydrogen (secondary N) is 1. The van der Waals surface area contributed by atoms with E-state index >= 15 is 0 Å². The number of non-ortho nitro benzene ring substituents is 1. The van der Waals surface area contributed by atoms with Gasteiger partial charge in [0.05, 0.1) is 4.92 Å². The normalized spacial score (nSPS) is 17.2. The number of hydrogen-bond acceptors (Lipinski definition) is 4. The highest BCUT2D eigenvalue weighted by molar-refractivity contribution is 5.86. The van der Waals surface area contributed by atoms with Crippen LogP contribution in [0.4, 0.5) is 5.69 Å². The molecule has 1 aromatic carbocycles. The van der Waals surface area contributed by atoms with Gasteiger partial charge in [0.2, 0.25) is 0 Å². The molecule has 1 heterocycles. The first-order chi connectivity index (χ1) is 11.1. The minimum Gasteiger partial charge on any atom is -0.550 e. The van der Waals surface area contributed by atoms with E-state index in [0.29, 0.717) is 5.92 Å². The third-order valence-corrected chi connectivity index (χ3v) is 4.91. The number of carboxylic acids is 1. The van der Waals surface area contributed by atoms with E-state index in [4.69, 9.17) is 0 Å². The minimum atomic E-state index is -1.07. The number of aliphatic carboxylic acids is 1. The van der Waals surface area contributed by atoms with E-state index in [1.54, 1.807) is 12.3 Å². The highest BCUT2D eigenvalue weighted by Gasteiger charge is 2.27. The standard InChI is InChI=1S/C17H20N2O4/c20-17(21)9-13(11-4-2-1-3-5-11)15-10-18-16-7-6-12(19(22)23)8-14(15)16/h6-8,10-11,13,18H,1-5,9H2,(H,20,21)/p-1/t13-/m1/s1. The SMILES string of the molecule is O=C([O-])C[C@@H](c1c[nH]c2ccc([N+](=O)[O-])cc12)C1CCCCC1. The van der Waals surface area contributed by atoms with Gasteiger partial charge in [-0.3, -0.25) is 10.1 Å². The summed E-state index contributed by atoms with van der Waals surface area (Å²) in [6, 6.07) is 4.66. The molecule has 0 bridgehead atoms. The first kappa shape index (κ1) is 15.5. The minimum absolute atomic E-state index is 0.0224. The van der Waals surface area contributed by atoms with Gasteiger partial charge in [0, 0.05) is 35.2 Å². The first-order valence-corrected chi connectivity index (χ1v) is 8.01. The fraction of sp³-hybridized carbons (Fsp3) is 0.471. The molecule has 0 radical (unpaired) electrons. The van der Waals surface area contributed by atoms with Crippen LogP contribution in [-0.4, -0.2) is 15.9 Å². The van der Waals surface area contributed by atoms with E-state index in [1.807, 2.05) is 0 Å². The number of nitrogens with zero attached hydrogens (tertiary/aromatic N) is 1. The second-order valence-electron chi connectivity index (χ2n) is 6.31. The molecule has 1 atom stereocenters. The molecule has 1 aliphatic rings. The molecule has 1 aliphatic carbocycles. The van der Waals surface area contributed by atoms with E-state index in [1.165, 1.54) is 18.6 Å². The molecule has 1 fully saturated rings. The Morgan fingerprint density at radius 3 is 2.70 bits per heavy atom. The van der Waals surface area contributed by atoms with E-state index in [9.17, 15) is 20.0 Å². The molecular weight excluding hydrogens is 296 g/mol. The van der Waals surface area contributed by atoms with Crippen LogP contribution in [0.3, 0.4) is 0 Å². The first-order valence-electron chi connectivity index (χ1n) is 8.01. The van der Waals surface area contributed by atoms with Crippen LogP contribution in [0.2, 0.25) is 0 Å². The second-order valence-corrected chi connectivity index (χ2v) is 6.31. The van der Waals surface area contributed by atoms with Gasteiger partial charge in [0.1, 0.15) is 0 Å².